The highest BCUT2D eigenvalue weighted by Crippen LogP contribution is 2.27. The Hall–Kier alpha value is -1.83. The van der Waals surface area contributed by atoms with Gasteiger partial charge in [-0.1, -0.05) is 13.8 Å². The summed E-state index contributed by atoms with van der Waals surface area (Å²) in [7, 11) is 0. The van der Waals surface area contributed by atoms with E-state index in [0.717, 1.165) is 0 Å². The van der Waals surface area contributed by atoms with Crippen LogP contribution in [0.25, 0.3) is 0 Å². The number of H-pyrrole nitrogens is 1. The lowest BCUT2D eigenvalue weighted by atomic mass is 10.2. The van der Waals surface area contributed by atoms with Crippen LogP contribution in [0.3, 0.4) is 0 Å². The lowest BCUT2D eigenvalue weighted by Crippen LogP contribution is -2.19. The van der Waals surface area contributed by atoms with Crippen LogP contribution < -0.4 is 11.4 Å². The van der Waals surface area contributed by atoms with Gasteiger partial charge in [0.15, 0.2) is 5.16 Å². The van der Waals surface area contributed by atoms with Gasteiger partial charge in [-0.2, -0.15) is 0 Å². The van der Waals surface area contributed by atoms with Crippen molar-refractivity contribution in [2.45, 2.75) is 49.8 Å². The molecule has 0 bridgehead atoms. The molecule has 0 spiro atoms. The molecular formula is C12H18N6OS. The van der Waals surface area contributed by atoms with Crippen LogP contribution >= 0.6 is 11.8 Å². The van der Waals surface area contributed by atoms with E-state index < -0.39 is 0 Å². The third-order valence-corrected chi connectivity index (χ3v) is 3.53. The Labute approximate surface area is 121 Å². The number of hydrogen-bond donors (Lipinski definition) is 2. The van der Waals surface area contributed by atoms with Gasteiger partial charge in [0.2, 0.25) is 0 Å². The molecule has 3 N–H and O–H groups in total. The minimum absolute atomic E-state index is 0.0208. The number of anilines is 1. The summed E-state index contributed by atoms with van der Waals surface area (Å²) >= 11 is 1.30. The first-order chi connectivity index (χ1) is 9.38. The zero-order valence-corrected chi connectivity index (χ0v) is 12.7. The molecule has 20 heavy (non-hydrogen) atoms. The molecule has 0 fully saturated rings. The molecule has 2 rings (SSSR count). The van der Waals surface area contributed by atoms with Gasteiger partial charge in [0, 0.05) is 18.0 Å². The van der Waals surface area contributed by atoms with E-state index in [0.29, 0.717) is 21.8 Å². The Morgan fingerprint density at radius 3 is 2.60 bits per heavy atom. The lowest BCUT2D eigenvalue weighted by molar-refractivity contribution is 0.534. The van der Waals surface area contributed by atoms with Gasteiger partial charge in [0.05, 0.1) is 0 Å². The van der Waals surface area contributed by atoms with E-state index in [4.69, 9.17) is 5.73 Å². The summed E-state index contributed by atoms with van der Waals surface area (Å²) in [5, 5.41) is 7.73. The zero-order chi connectivity index (χ0) is 14.9. The Kier molecular flexibility index (Phi) is 4.12. The van der Waals surface area contributed by atoms with Crippen molar-refractivity contribution in [1.29, 1.82) is 0 Å². The predicted molar refractivity (Wildman–Crippen MR) is 77.9 cm³/mol. The summed E-state index contributed by atoms with van der Waals surface area (Å²) in [6.07, 6.45) is 0. The molecule has 0 aliphatic carbocycles. The average Bonchev–Trinajstić information content (AvgIpc) is 2.69. The smallest absolute Gasteiger partial charge is 0.344 e. The molecule has 108 valence electrons. The summed E-state index contributed by atoms with van der Waals surface area (Å²) < 4.78 is 1.58. The third kappa shape index (κ3) is 3.01. The molecule has 0 atom stereocenters. The van der Waals surface area contributed by atoms with Crippen LogP contribution in [0.5, 0.6) is 0 Å². The molecule has 7 nitrogen and oxygen atoms in total. The van der Waals surface area contributed by atoms with Crippen LogP contribution in [-0.4, -0.2) is 24.7 Å². The molecule has 0 aromatic carbocycles. The van der Waals surface area contributed by atoms with Gasteiger partial charge >= 0.3 is 5.69 Å². The minimum Gasteiger partial charge on any atom is -0.384 e. The number of aromatic amines is 1. The fourth-order valence-electron chi connectivity index (χ4n) is 1.68. The van der Waals surface area contributed by atoms with Gasteiger partial charge in [-0.05, 0) is 25.6 Å². The number of hydrogen-bond acceptors (Lipinski definition) is 6. The standard InChI is InChI=1S/C12H18N6OS/c1-6(2)10-14-8(13)5-9(15-10)20-12-17-16-11(19)18(12)7(3)4/h5-7H,1-4H3,(H,16,19)(H2,13,14,15). The SMILES string of the molecule is CC(C)c1nc(N)cc(Sc2n[nH]c(=O)n2C(C)C)n1. The molecule has 0 radical (unpaired) electrons. The minimum atomic E-state index is -0.228. The van der Waals surface area contributed by atoms with E-state index >= 15 is 0 Å². The number of nitrogens with two attached hydrogens (primary N) is 1. The monoisotopic (exact) mass is 294 g/mol. The van der Waals surface area contributed by atoms with Crippen LogP contribution in [0.1, 0.15) is 45.5 Å². The largest absolute Gasteiger partial charge is 0.384 e. The first-order valence-corrected chi connectivity index (χ1v) is 7.19. The highest BCUT2D eigenvalue weighted by Gasteiger charge is 2.15. The topological polar surface area (TPSA) is 102 Å². The van der Waals surface area contributed by atoms with Crippen molar-refractivity contribution in [3.05, 3.63) is 22.4 Å². The van der Waals surface area contributed by atoms with Crippen molar-refractivity contribution in [3.8, 4) is 0 Å². The van der Waals surface area contributed by atoms with Crippen molar-refractivity contribution in [2.24, 2.45) is 0 Å². The molecule has 0 unspecified atom stereocenters. The molecular weight excluding hydrogens is 276 g/mol. The molecule has 2 aromatic rings. The van der Waals surface area contributed by atoms with E-state index in [1.165, 1.54) is 11.8 Å². The van der Waals surface area contributed by atoms with E-state index in [-0.39, 0.29) is 17.6 Å². The van der Waals surface area contributed by atoms with Gasteiger partial charge < -0.3 is 5.73 Å². The molecule has 8 heteroatoms. The molecule has 0 aliphatic heterocycles. The van der Waals surface area contributed by atoms with Gasteiger partial charge in [-0.15, -0.1) is 5.10 Å². The van der Waals surface area contributed by atoms with Crippen LogP contribution in [0.4, 0.5) is 5.82 Å². The quantitative estimate of drug-likeness (QED) is 0.833. The summed E-state index contributed by atoms with van der Waals surface area (Å²) in [5.41, 5.74) is 5.56. The Morgan fingerprint density at radius 1 is 1.30 bits per heavy atom. The molecule has 0 aliphatic rings. The van der Waals surface area contributed by atoms with Gasteiger partial charge in [-0.25, -0.2) is 19.9 Å². The average molecular weight is 294 g/mol. The predicted octanol–water partition coefficient (Wildman–Crippen LogP) is 1.80. The third-order valence-electron chi connectivity index (χ3n) is 2.64. The second kappa shape index (κ2) is 5.66. The second-order valence-electron chi connectivity index (χ2n) is 5.02. The molecule has 2 aromatic heterocycles. The zero-order valence-electron chi connectivity index (χ0n) is 11.9. The van der Waals surface area contributed by atoms with E-state index in [9.17, 15) is 4.79 Å². The van der Waals surface area contributed by atoms with Crippen molar-refractivity contribution in [2.75, 3.05) is 5.73 Å². The maximum atomic E-state index is 11.7. The van der Waals surface area contributed by atoms with Crippen molar-refractivity contribution in [3.63, 3.8) is 0 Å². The molecule has 0 saturated carbocycles. The number of rotatable bonds is 4. The molecule has 0 saturated heterocycles. The summed E-state index contributed by atoms with van der Waals surface area (Å²) in [5.74, 6) is 1.28. The lowest BCUT2D eigenvalue weighted by Gasteiger charge is -2.10. The highest BCUT2D eigenvalue weighted by molar-refractivity contribution is 7.99. The molecule has 0 amide bonds. The Morgan fingerprint density at radius 2 is 2.00 bits per heavy atom. The van der Waals surface area contributed by atoms with Crippen molar-refractivity contribution in [1.82, 2.24) is 24.7 Å². The first kappa shape index (κ1) is 14.6. The van der Waals surface area contributed by atoms with Crippen LogP contribution in [0.15, 0.2) is 21.0 Å². The van der Waals surface area contributed by atoms with Gasteiger partial charge in [-0.3, -0.25) is 4.57 Å². The number of nitrogens with one attached hydrogen (secondary N) is 1. The second-order valence-corrected chi connectivity index (χ2v) is 6.01. The van der Waals surface area contributed by atoms with Crippen molar-refractivity contribution < 1.29 is 0 Å². The maximum absolute atomic E-state index is 11.7. The summed E-state index contributed by atoms with van der Waals surface area (Å²) in [4.78, 5) is 20.3. The first-order valence-electron chi connectivity index (χ1n) is 6.37. The Balaban J connectivity index is 2.38. The maximum Gasteiger partial charge on any atom is 0.344 e. The fraction of sp³-hybridized carbons (Fsp3) is 0.500. The van der Waals surface area contributed by atoms with Crippen molar-refractivity contribution >= 4 is 17.6 Å². The fourth-order valence-corrected chi connectivity index (χ4v) is 2.67. The van der Waals surface area contributed by atoms with E-state index in [2.05, 4.69) is 20.2 Å². The summed E-state index contributed by atoms with van der Waals surface area (Å²) in [6, 6.07) is 1.70. The number of aromatic nitrogens is 5. The van der Waals surface area contributed by atoms with E-state index in [1.807, 2.05) is 27.7 Å². The number of nitrogen functional groups attached to an aromatic ring is 1. The molecule has 2 heterocycles. The van der Waals surface area contributed by atoms with Crippen LogP contribution in [0.2, 0.25) is 0 Å². The summed E-state index contributed by atoms with van der Waals surface area (Å²) in [6.45, 7) is 7.85. The van der Waals surface area contributed by atoms with Crippen LogP contribution in [0, 0.1) is 0 Å². The number of nitrogens with zero attached hydrogens (tertiary/aromatic N) is 4. The van der Waals surface area contributed by atoms with Crippen LogP contribution in [-0.2, 0) is 0 Å². The highest BCUT2D eigenvalue weighted by atomic mass is 32.2. The van der Waals surface area contributed by atoms with E-state index in [1.54, 1.807) is 10.6 Å². The van der Waals surface area contributed by atoms with Gasteiger partial charge in [0.1, 0.15) is 16.7 Å². The normalized spacial score (nSPS) is 11.5. The Bertz CT molecular complexity index is 660. The van der Waals surface area contributed by atoms with Gasteiger partial charge in [0.25, 0.3) is 0 Å².